The second-order valence-corrected chi connectivity index (χ2v) is 10.1. The predicted octanol–water partition coefficient (Wildman–Crippen LogP) is 2.64. The van der Waals surface area contributed by atoms with Gasteiger partial charge >= 0.3 is 11.8 Å². The van der Waals surface area contributed by atoms with Crippen LogP contribution in [0.15, 0.2) is 35.1 Å². The summed E-state index contributed by atoms with van der Waals surface area (Å²) in [5.41, 5.74) is 2.67. The van der Waals surface area contributed by atoms with E-state index >= 15 is 0 Å². The van der Waals surface area contributed by atoms with Gasteiger partial charge in [-0.1, -0.05) is 18.2 Å². The number of nitrogens with one attached hydrogen (secondary N) is 1. The number of ether oxygens (including phenoxy) is 1. The molecular weight excluding hydrogens is 460 g/mol. The molecule has 2 N–H and O–H groups in total. The smallest absolute Gasteiger partial charge is 0.407 e. The maximum atomic E-state index is 13.3. The van der Waals surface area contributed by atoms with Gasteiger partial charge in [0.25, 0.3) is 0 Å². The van der Waals surface area contributed by atoms with E-state index in [1.807, 2.05) is 32.9 Å². The second kappa shape index (κ2) is 10.0. The number of fused-ring (bicyclic) bond motifs is 1. The highest BCUT2D eigenvalue weighted by Gasteiger charge is 2.28. The summed E-state index contributed by atoms with van der Waals surface area (Å²) in [6, 6.07) is 11.0. The van der Waals surface area contributed by atoms with Gasteiger partial charge in [0.05, 0.1) is 36.2 Å². The standard InChI is InChI=1S/C26H32N6O4/c1-26(2,3)36-24(34)29-19-10-7-11-31(15-19)21-12-20(16-33)28-23-22(21)32(25(35)30(23)4)14-18-9-6-5-8-17(18)13-27/h5-6,8-9,12,19,33H,7,10-11,14-16H2,1-4H3,(H,29,34). The number of carbonyl (C=O) groups is 1. The SMILES string of the molecule is Cn1c(=O)n(Cc2ccccc2C#N)c2c(N3CCCC(NC(=O)OC(C)(C)C)C3)cc(CO)nc21. The number of pyridine rings is 1. The molecule has 190 valence electrons. The molecule has 1 saturated heterocycles. The summed E-state index contributed by atoms with van der Waals surface area (Å²) < 4.78 is 8.52. The Morgan fingerprint density at radius 2 is 2.08 bits per heavy atom. The number of anilines is 1. The van der Waals surface area contributed by atoms with Crippen molar-refractivity contribution in [1.29, 1.82) is 5.26 Å². The van der Waals surface area contributed by atoms with Crippen LogP contribution in [-0.4, -0.2) is 50.1 Å². The number of benzene rings is 1. The maximum absolute atomic E-state index is 13.3. The van der Waals surface area contributed by atoms with Gasteiger partial charge in [0.15, 0.2) is 5.65 Å². The van der Waals surface area contributed by atoms with E-state index in [1.54, 1.807) is 29.8 Å². The molecule has 4 rings (SSSR count). The summed E-state index contributed by atoms with van der Waals surface area (Å²) in [5.74, 6) is 0. The molecule has 1 unspecified atom stereocenters. The molecule has 10 heteroatoms. The first-order valence-electron chi connectivity index (χ1n) is 12.0. The van der Waals surface area contributed by atoms with Crippen molar-refractivity contribution >= 4 is 22.9 Å². The van der Waals surface area contributed by atoms with Gasteiger partial charge in [0, 0.05) is 26.2 Å². The second-order valence-electron chi connectivity index (χ2n) is 10.1. The number of alkyl carbamates (subject to hydrolysis) is 1. The Bertz CT molecular complexity index is 1380. The van der Waals surface area contributed by atoms with E-state index in [0.29, 0.717) is 35.5 Å². The van der Waals surface area contributed by atoms with Crippen molar-refractivity contribution in [2.75, 3.05) is 18.0 Å². The van der Waals surface area contributed by atoms with Crippen molar-refractivity contribution in [3.05, 3.63) is 57.6 Å². The van der Waals surface area contributed by atoms with E-state index in [-0.39, 0.29) is 24.9 Å². The average molecular weight is 493 g/mol. The molecule has 0 radical (unpaired) electrons. The van der Waals surface area contributed by atoms with E-state index < -0.39 is 11.7 Å². The number of nitriles is 1. The Kier molecular flexibility index (Phi) is 7.04. The van der Waals surface area contributed by atoms with Crippen LogP contribution in [0.25, 0.3) is 11.2 Å². The lowest BCUT2D eigenvalue weighted by Gasteiger charge is -2.35. The first kappa shape index (κ1) is 25.3. The van der Waals surface area contributed by atoms with Gasteiger partial charge in [0.1, 0.15) is 11.1 Å². The summed E-state index contributed by atoms with van der Waals surface area (Å²) in [6.45, 7) is 6.64. The zero-order chi connectivity index (χ0) is 26.0. The van der Waals surface area contributed by atoms with Crippen LogP contribution in [0, 0.1) is 11.3 Å². The van der Waals surface area contributed by atoms with E-state index in [4.69, 9.17) is 4.74 Å². The number of hydrogen-bond donors (Lipinski definition) is 2. The summed E-state index contributed by atoms with van der Waals surface area (Å²) in [7, 11) is 1.65. The Hall–Kier alpha value is -3.84. The lowest BCUT2D eigenvalue weighted by Crippen LogP contribution is -2.49. The topological polar surface area (TPSA) is 125 Å². The minimum Gasteiger partial charge on any atom is -0.444 e. The molecule has 2 aromatic heterocycles. The monoisotopic (exact) mass is 492 g/mol. The first-order valence-corrected chi connectivity index (χ1v) is 12.0. The lowest BCUT2D eigenvalue weighted by molar-refractivity contribution is 0.0500. The van der Waals surface area contributed by atoms with Crippen molar-refractivity contribution < 1.29 is 14.6 Å². The normalized spacial score (nSPS) is 16.1. The van der Waals surface area contributed by atoms with E-state index in [1.165, 1.54) is 4.57 Å². The van der Waals surface area contributed by atoms with Crippen LogP contribution in [0.3, 0.4) is 0 Å². The summed E-state index contributed by atoms with van der Waals surface area (Å²) in [6.07, 6.45) is 1.16. The number of rotatable bonds is 5. The highest BCUT2D eigenvalue weighted by Crippen LogP contribution is 2.30. The third-order valence-electron chi connectivity index (χ3n) is 6.22. The summed E-state index contributed by atoms with van der Waals surface area (Å²) in [4.78, 5) is 32.3. The number of hydrogen-bond acceptors (Lipinski definition) is 7. The van der Waals surface area contributed by atoms with Crippen LogP contribution in [0.5, 0.6) is 0 Å². The fourth-order valence-corrected chi connectivity index (χ4v) is 4.62. The number of piperidine rings is 1. The maximum Gasteiger partial charge on any atom is 0.407 e. The largest absolute Gasteiger partial charge is 0.444 e. The van der Waals surface area contributed by atoms with Crippen LogP contribution in [0.4, 0.5) is 10.5 Å². The number of nitrogens with zero attached hydrogens (tertiary/aromatic N) is 5. The van der Waals surface area contributed by atoms with Crippen molar-refractivity contribution in [3.8, 4) is 6.07 Å². The molecule has 1 amide bonds. The molecule has 0 saturated carbocycles. The predicted molar refractivity (Wildman–Crippen MR) is 136 cm³/mol. The van der Waals surface area contributed by atoms with Gasteiger partial charge in [0.2, 0.25) is 0 Å². The minimum atomic E-state index is -0.592. The molecule has 1 aliphatic heterocycles. The van der Waals surface area contributed by atoms with Crippen LogP contribution >= 0.6 is 0 Å². The molecule has 10 nitrogen and oxygen atoms in total. The number of amides is 1. The first-order chi connectivity index (χ1) is 17.1. The Balaban J connectivity index is 1.75. The van der Waals surface area contributed by atoms with Crippen LogP contribution < -0.4 is 15.9 Å². The van der Waals surface area contributed by atoms with Gasteiger partial charge in [-0.25, -0.2) is 14.6 Å². The molecule has 1 fully saturated rings. The molecule has 0 bridgehead atoms. The molecular formula is C26H32N6O4. The fourth-order valence-electron chi connectivity index (χ4n) is 4.62. The third kappa shape index (κ3) is 5.21. The van der Waals surface area contributed by atoms with Crippen LogP contribution in [-0.2, 0) is 24.9 Å². The lowest BCUT2D eigenvalue weighted by atomic mass is 10.0. The number of aliphatic hydroxyl groups is 1. The van der Waals surface area contributed by atoms with Gasteiger partial charge in [-0.05, 0) is 51.3 Å². The molecule has 3 heterocycles. The Morgan fingerprint density at radius 3 is 2.78 bits per heavy atom. The van der Waals surface area contributed by atoms with Crippen molar-refractivity contribution in [2.24, 2.45) is 7.05 Å². The number of aliphatic hydroxyl groups excluding tert-OH is 1. The number of aryl methyl sites for hydroxylation is 1. The van der Waals surface area contributed by atoms with Crippen molar-refractivity contribution in [2.45, 2.75) is 58.4 Å². The highest BCUT2D eigenvalue weighted by atomic mass is 16.6. The zero-order valence-corrected chi connectivity index (χ0v) is 21.1. The molecule has 1 aromatic carbocycles. The molecule has 1 atom stereocenters. The van der Waals surface area contributed by atoms with Gasteiger partial charge in [-0.2, -0.15) is 5.26 Å². The quantitative estimate of drug-likeness (QED) is 0.561. The number of imidazole rings is 1. The summed E-state index contributed by atoms with van der Waals surface area (Å²) in [5, 5.41) is 22.4. The molecule has 0 aliphatic carbocycles. The van der Waals surface area contributed by atoms with E-state index in [0.717, 1.165) is 24.1 Å². The van der Waals surface area contributed by atoms with Crippen molar-refractivity contribution in [1.82, 2.24) is 19.4 Å². The van der Waals surface area contributed by atoms with Crippen molar-refractivity contribution in [3.63, 3.8) is 0 Å². The van der Waals surface area contributed by atoms with E-state index in [9.17, 15) is 20.0 Å². The molecule has 36 heavy (non-hydrogen) atoms. The van der Waals surface area contributed by atoms with Gasteiger partial charge < -0.3 is 20.1 Å². The molecule has 0 spiro atoms. The van der Waals surface area contributed by atoms with Gasteiger partial charge in [-0.15, -0.1) is 0 Å². The van der Waals surface area contributed by atoms with E-state index in [2.05, 4.69) is 21.3 Å². The fraction of sp³-hybridized carbons (Fsp3) is 0.462. The average Bonchev–Trinajstić information content (AvgIpc) is 3.07. The molecule has 3 aromatic rings. The number of aromatic nitrogens is 3. The Morgan fingerprint density at radius 1 is 1.33 bits per heavy atom. The minimum absolute atomic E-state index is 0.141. The van der Waals surface area contributed by atoms with Crippen LogP contribution in [0.2, 0.25) is 0 Å². The molecule has 1 aliphatic rings. The number of carbonyl (C=O) groups excluding carboxylic acids is 1. The summed E-state index contributed by atoms with van der Waals surface area (Å²) >= 11 is 0. The van der Waals surface area contributed by atoms with Gasteiger partial charge in [-0.3, -0.25) is 9.13 Å². The zero-order valence-electron chi connectivity index (χ0n) is 21.1. The third-order valence-corrected chi connectivity index (χ3v) is 6.22. The Labute approximate surface area is 209 Å². The van der Waals surface area contributed by atoms with Crippen LogP contribution in [0.1, 0.15) is 50.4 Å². The highest BCUT2D eigenvalue weighted by molar-refractivity contribution is 5.87.